The van der Waals surface area contributed by atoms with Gasteiger partial charge < -0.3 is 19.4 Å². The summed E-state index contributed by atoms with van der Waals surface area (Å²) in [6, 6.07) is 9.90. The summed E-state index contributed by atoms with van der Waals surface area (Å²) in [7, 11) is 0. The predicted molar refractivity (Wildman–Crippen MR) is 66.1 cm³/mol. The van der Waals surface area contributed by atoms with Gasteiger partial charge in [0.2, 0.25) is 0 Å². The van der Waals surface area contributed by atoms with E-state index < -0.39 is 6.10 Å². The van der Waals surface area contributed by atoms with Crippen LogP contribution in [0.1, 0.15) is 18.4 Å². The Hall–Kier alpha value is -1.23. The molecule has 0 unspecified atom stereocenters. The quantitative estimate of drug-likeness (QED) is 0.773. The van der Waals surface area contributed by atoms with Crippen LogP contribution in [-0.4, -0.2) is 36.3 Å². The van der Waals surface area contributed by atoms with Crippen LogP contribution in [0, 0.1) is 0 Å². The molecule has 0 saturated carbocycles. The van der Waals surface area contributed by atoms with Crippen LogP contribution >= 0.6 is 0 Å². The molecule has 1 aliphatic heterocycles. The Morgan fingerprint density at radius 3 is 2.89 bits per heavy atom. The van der Waals surface area contributed by atoms with Crippen molar-refractivity contribution in [2.45, 2.75) is 37.8 Å². The van der Waals surface area contributed by atoms with E-state index in [1.807, 2.05) is 30.3 Å². The maximum absolute atomic E-state index is 10.4. The summed E-state index contributed by atoms with van der Waals surface area (Å²) in [5, 5.41) is 9.67. The molecule has 98 valence electrons. The summed E-state index contributed by atoms with van der Waals surface area (Å²) in [6.45, 7) is 0.983. The molecule has 1 N–H and O–H groups in total. The first-order valence-electron chi connectivity index (χ1n) is 6.18. The van der Waals surface area contributed by atoms with Gasteiger partial charge in [0.1, 0.15) is 6.29 Å². The molecule has 18 heavy (non-hydrogen) atoms. The summed E-state index contributed by atoms with van der Waals surface area (Å²) in [5.41, 5.74) is 1.11. The van der Waals surface area contributed by atoms with Gasteiger partial charge in [-0.05, 0) is 5.56 Å². The minimum Gasteiger partial charge on any atom is -0.390 e. The van der Waals surface area contributed by atoms with E-state index in [2.05, 4.69) is 0 Å². The number of aliphatic hydroxyl groups is 1. The lowest BCUT2D eigenvalue weighted by Gasteiger charge is -2.12. The lowest BCUT2D eigenvalue weighted by atomic mass is 10.1. The van der Waals surface area contributed by atoms with Crippen LogP contribution in [-0.2, 0) is 20.9 Å². The molecule has 4 nitrogen and oxygen atoms in total. The van der Waals surface area contributed by atoms with Gasteiger partial charge >= 0.3 is 0 Å². The van der Waals surface area contributed by atoms with Gasteiger partial charge in [0.25, 0.3) is 0 Å². The monoisotopic (exact) mass is 250 g/mol. The zero-order valence-corrected chi connectivity index (χ0v) is 10.2. The fourth-order valence-corrected chi connectivity index (χ4v) is 2.11. The number of benzene rings is 1. The highest BCUT2D eigenvalue weighted by Crippen LogP contribution is 2.22. The van der Waals surface area contributed by atoms with Crippen LogP contribution < -0.4 is 0 Å². The van der Waals surface area contributed by atoms with Crippen molar-refractivity contribution in [2.24, 2.45) is 0 Å². The number of aliphatic hydroxyl groups excluding tert-OH is 1. The second kappa shape index (κ2) is 6.64. The SMILES string of the molecule is O=CC[C@H]1O[C@H](COCc2ccccc2)C[C@@H]1O. The van der Waals surface area contributed by atoms with Crippen LogP contribution in [0.3, 0.4) is 0 Å². The number of hydrogen-bond acceptors (Lipinski definition) is 4. The van der Waals surface area contributed by atoms with Crippen LogP contribution in [0.5, 0.6) is 0 Å². The Balaban J connectivity index is 1.70. The molecule has 2 rings (SSSR count). The van der Waals surface area contributed by atoms with Gasteiger partial charge in [-0.3, -0.25) is 0 Å². The molecule has 0 aliphatic carbocycles. The second-order valence-corrected chi connectivity index (χ2v) is 4.50. The lowest BCUT2D eigenvalue weighted by molar-refractivity contribution is -0.112. The third-order valence-electron chi connectivity index (χ3n) is 3.04. The zero-order chi connectivity index (χ0) is 12.8. The molecule has 3 atom stereocenters. The summed E-state index contributed by atoms with van der Waals surface area (Å²) in [4.78, 5) is 10.4. The van der Waals surface area contributed by atoms with Gasteiger partial charge in [0.15, 0.2) is 0 Å². The minimum absolute atomic E-state index is 0.117. The average Bonchev–Trinajstić information content (AvgIpc) is 2.72. The molecule has 0 bridgehead atoms. The Bertz CT molecular complexity index is 365. The van der Waals surface area contributed by atoms with E-state index >= 15 is 0 Å². The number of ether oxygens (including phenoxy) is 2. The van der Waals surface area contributed by atoms with E-state index in [0.29, 0.717) is 19.6 Å². The topological polar surface area (TPSA) is 55.8 Å². The molecule has 1 heterocycles. The molecule has 1 aliphatic rings. The second-order valence-electron chi connectivity index (χ2n) is 4.50. The van der Waals surface area contributed by atoms with Gasteiger partial charge in [-0.15, -0.1) is 0 Å². The highest BCUT2D eigenvalue weighted by atomic mass is 16.6. The first-order valence-corrected chi connectivity index (χ1v) is 6.18. The number of rotatable bonds is 6. The third-order valence-corrected chi connectivity index (χ3v) is 3.04. The van der Waals surface area contributed by atoms with Crippen LogP contribution in [0.4, 0.5) is 0 Å². The van der Waals surface area contributed by atoms with E-state index in [4.69, 9.17) is 9.47 Å². The lowest BCUT2D eigenvalue weighted by Crippen LogP contribution is -2.21. The van der Waals surface area contributed by atoms with E-state index in [1.54, 1.807) is 0 Å². The smallest absolute Gasteiger partial charge is 0.122 e. The third kappa shape index (κ3) is 3.63. The van der Waals surface area contributed by atoms with Crippen molar-refractivity contribution in [3.63, 3.8) is 0 Å². The van der Waals surface area contributed by atoms with Crippen molar-refractivity contribution < 1.29 is 19.4 Å². The minimum atomic E-state index is -0.555. The number of hydrogen-bond donors (Lipinski definition) is 1. The Labute approximate surface area is 107 Å². The van der Waals surface area contributed by atoms with Crippen molar-refractivity contribution in [3.05, 3.63) is 35.9 Å². The molecule has 4 heteroatoms. The van der Waals surface area contributed by atoms with Gasteiger partial charge in [-0.25, -0.2) is 0 Å². The highest BCUT2D eigenvalue weighted by molar-refractivity contribution is 5.50. The first-order chi connectivity index (χ1) is 8.79. The van der Waals surface area contributed by atoms with Crippen molar-refractivity contribution >= 4 is 6.29 Å². The molecule has 0 radical (unpaired) electrons. The normalized spacial score (nSPS) is 27.3. The fraction of sp³-hybridized carbons (Fsp3) is 0.500. The first kappa shape index (κ1) is 13.2. The maximum atomic E-state index is 10.4. The van der Waals surface area contributed by atoms with E-state index in [0.717, 1.165) is 11.8 Å². The van der Waals surface area contributed by atoms with Crippen molar-refractivity contribution in [1.29, 1.82) is 0 Å². The van der Waals surface area contributed by atoms with E-state index in [-0.39, 0.29) is 18.6 Å². The van der Waals surface area contributed by atoms with E-state index in [1.165, 1.54) is 0 Å². The van der Waals surface area contributed by atoms with Gasteiger partial charge in [-0.2, -0.15) is 0 Å². The molecule has 0 amide bonds. The molecular formula is C14H18O4. The molecule has 1 aromatic rings. The highest BCUT2D eigenvalue weighted by Gasteiger charge is 2.33. The van der Waals surface area contributed by atoms with Crippen LogP contribution in [0.2, 0.25) is 0 Å². The van der Waals surface area contributed by atoms with Crippen LogP contribution in [0.15, 0.2) is 30.3 Å². The van der Waals surface area contributed by atoms with Gasteiger partial charge in [0, 0.05) is 12.8 Å². The standard InChI is InChI=1S/C14H18O4/c15-7-6-14-13(16)8-12(18-14)10-17-9-11-4-2-1-3-5-11/h1-5,7,12-14,16H,6,8-10H2/t12-,13-,14+/m0/s1. The molecule has 1 aromatic carbocycles. The van der Waals surface area contributed by atoms with Crippen molar-refractivity contribution in [1.82, 2.24) is 0 Å². The average molecular weight is 250 g/mol. The predicted octanol–water partition coefficient (Wildman–Crippen LogP) is 1.31. The summed E-state index contributed by atoms with van der Waals surface area (Å²) in [6.07, 6.45) is 0.520. The van der Waals surface area contributed by atoms with Crippen LogP contribution in [0.25, 0.3) is 0 Å². The van der Waals surface area contributed by atoms with Gasteiger partial charge in [-0.1, -0.05) is 30.3 Å². The summed E-state index contributed by atoms with van der Waals surface area (Å²) in [5.74, 6) is 0. The fourth-order valence-electron chi connectivity index (χ4n) is 2.11. The van der Waals surface area contributed by atoms with Crippen molar-refractivity contribution in [3.8, 4) is 0 Å². The number of carbonyl (C=O) groups excluding carboxylic acids is 1. The Morgan fingerprint density at radius 1 is 1.39 bits per heavy atom. The maximum Gasteiger partial charge on any atom is 0.122 e. The molecule has 0 spiro atoms. The summed E-state index contributed by atoms with van der Waals surface area (Å²) < 4.78 is 11.1. The van der Waals surface area contributed by atoms with Crippen molar-refractivity contribution in [2.75, 3.05) is 6.61 Å². The van der Waals surface area contributed by atoms with E-state index in [9.17, 15) is 9.90 Å². The largest absolute Gasteiger partial charge is 0.390 e. The molecule has 1 saturated heterocycles. The summed E-state index contributed by atoms with van der Waals surface area (Å²) >= 11 is 0. The Morgan fingerprint density at radius 2 is 2.17 bits per heavy atom. The Kier molecular flexibility index (Phi) is 4.87. The molecule has 0 aromatic heterocycles. The van der Waals surface area contributed by atoms with Gasteiger partial charge in [0.05, 0.1) is 31.5 Å². The molecular weight excluding hydrogens is 232 g/mol. The molecule has 1 fully saturated rings. The number of aldehydes is 1. The number of carbonyl (C=O) groups is 1. The zero-order valence-electron chi connectivity index (χ0n) is 10.2.